The number of hydrogen-bond donors (Lipinski definition) is 0. The van der Waals surface area contributed by atoms with Crippen molar-refractivity contribution in [1.29, 1.82) is 0 Å². The van der Waals surface area contributed by atoms with Crippen molar-refractivity contribution in [1.82, 2.24) is 4.90 Å². The number of rotatable bonds is 5. The summed E-state index contributed by atoms with van der Waals surface area (Å²) in [5.74, 6) is 0.556. The van der Waals surface area contributed by atoms with Gasteiger partial charge in [0.1, 0.15) is 11.5 Å². The molecule has 4 aliphatic heterocycles. The van der Waals surface area contributed by atoms with Gasteiger partial charge in [-0.15, -0.1) is 0 Å². The fraction of sp³-hybridized carbons (Fsp3) is 0.462. The summed E-state index contributed by atoms with van der Waals surface area (Å²) >= 11 is 2.28. The van der Waals surface area contributed by atoms with Crippen LogP contribution in [0.15, 0.2) is 53.6 Å². The average Bonchev–Trinajstić information content (AvgIpc) is 3.25. The van der Waals surface area contributed by atoms with E-state index in [0.717, 1.165) is 32.8 Å². The largest absolute Gasteiger partial charge is 0.497 e. The predicted octanol–water partition coefficient (Wildman–Crippen LogP) is 3.28. The second kappa shape index (κ2) is 9.56. The minimum absolute atomic E-state index is 0.00352. The number of ether oxygens (including phenoxy) is 4. The van der Waals surface area contributed by atoms with E-state index in [9.17, 15) is 4.79 Å². The van der Waals surface area contributed by atoms with Gasteiger partial charge in [-0.3, -0.25) is 9.69 Å². The molecule has 2 unspecified atom stereocenters. The number of benzene rings is 2. The third-order valence-corrected chi connectivity index (χ3v) is 8.12. The second-order valence-electron chi connectivity index (χ2n) is 9.31. The van der Waals surface area contributed by atoms with Crippen molar-refractivity contribution < 1.29 is 23.7 Å². The number of piperidine rings is 1. The normalized spacial score (nSPS) is 30.6. The molecule has 4 aliphatic rings. The summed E-state index contributed by atoms with van der Waals surface area (Å²) in [6.45, 7) is 4.83. The molecule has 6 rings (SSSR count). The van der Waals surface area contributed by atoms with Gasteiger partial charge in [-0.1, -0.05) is 0 Å². The van der Waals surface area contributed by atoms with Crippen molar-refractivity contribution in [2.45, 2.75) is 31.6 Å². The Morgan fingerprint density at radius 3 is 2.31 bits per heavy atom. The van der Waals surface area contributed by atoms with Crippen LogP contribution in [0.2, 0.25) is 0 Å². The fourth-order valence-corrected chi connectivity index (χ4v) is 6.07. The summed E-state index contributed by atoms with van der Waals surface area (Å²) in [4.78, 5) is 18.9. The molecule has 9 nitrogen and oxygen atoms in total. The Balaban J connectivity index is 1.49. The van der Waals surface area contributed by atoms with Crippen molar-refractivity contribution in [2.24, 2.45) is 11.0 Å². The summed E-state index contributed by atoms with van der Waals surface area (Å²) in [7, 11) is 1.64. The van der Waals surface area contributed by atoms with Crippen molar-refractivity contribution in [3.63, 3.8) is 0 Å². The highest BCUT2D eigenvalue weighted by atomic mass is 127. The highest BCUT2D eigenvalue weighted by Crippen LogP contribution is 2.48. The first-order valence-electron chi connectivity index (χ1n) is 12.3. The summed E-state index contributed by atoms with van der Waals surface area (Å²) in [5.41, 5.74) is 1.42. The third-order valence-electron chi connectivity index (χ3n) is 7.40. The van der Waals surface area contributed by atoms with Gasteiger partial charge in [0.25, 0.3) is 5.91 Å². The summed E-state index contributed by atoms with van der Waals surface area (Å²) in [6.07, 6.45) is -0.0996. The highest BCUT2D eigenvalue weighted by Gasteiger charge is 2.66. The van der Waals surface area contributed by atoms with Crippen molar-refractivity contribution >= 4 is 45.6 Å². The number of nitrogens with zero attached hydrogens (tertiary/aromatic N) is 4. The minimum Gasteiger partial charge on any atom is -0.497 e. The van der Waals surface area contributed by atoms with Crippen LogP contribution in [0.4, 0.5) is 11.4 Å². The first-order chi connectivity index (χ1) is 17.5. The number of anilines is 2. The Kier molecular flexibility index (Phi) is 6.41. The number of halogens is 1. The molecule has 4 heterocycles. The maximum Gasteiger partial charge on any atom is 0.270 e. The molecule has 0 aliphatic carbocycles. The summed E-state index contributed by atoms with van der Waals surface area (Å²) < 4.78 is 24.0. The van der Waals surface area contributed by atoms with Gasteiger partial charge in [0.2, 0.25) is 12.0 Å². The second-order valence-corrected chi connectivity index (χ2v) is 10.6. The van der Waals surface area contributed by atoms with Crippen molar-refractivity contribution in [3.05, 3.63) is 52.1 Å². The SMILES string of the molecule is COc1ccc(N2N=C(C3OC(C)O3)C3CCN(c4ccc(I)cc4)C(=O)C32N2CCOCC2)cc1. The Hall–Kier alpha value is -2.25. The van der Waals surface area contributed by atoms with Gasteiger partial charge in [-0.2, -0.15) is 5.10 Å². The van der Waals surface area contributed by atoms with Crippen molar-refractivity contribution in [3.8, 4) is 5.75 Å². The van der Waals surface area contributed by atoms with E-state index in [4.69, 9.17) is 24.0 Å². The van der Waals surface area contributed by atoms with Crippen LogP contribution in [0.25, 0.3) is 0 Å². The molecule has 0 bridgehead atoms. The Morgan fingerprint density at radius 1 is 1.00 bits per heavy atom. The molecule has 10 heteroatoms. The van der Waals surface area contributed by atoms with Crippen LogP contribution in [0, 0.1) is 9.49 Å². The van der Waals surface area contributed by atoms with Gasteiger partial charge in [0.15, 0.2) is 6.29 Å². The van der Waals surface area contributed by atoms with Gasteiger partial charge >= 0.3 is 0 Å². The fourth-order valence-electron chi connectivity index (χ4n) is 5.71. The van der Waals surface area contributed by atoms with E-state index in [1.807, 2.05) is 65.4 Å². The van der Waals surface area contributed by atoms with Gasteiger partial charge in [-0.05, 0) is 84.5 Å². The van der Waals surface area contributed by atoms with E-state index in [1.165, 1.54) is 0 Å². The van der Waals surface area contributed by atoms with Gasteiger partial charge < -0.3 is 23.8 Å². The molecule has 2 aromatic carbocycles. The predicted molar refractivity (Wildman–Crippen MR) is 143 cm³/mol. The van der Waals surface area contributed by atoms with Gasteiger partial charge in [-0.25, -0.2) is 5.01 Å². The molecule has 3 fully saturated rings. The van der Waals surface area contributed by atoms with E-state index in [1.54, 1.807) is 7.11 Å². The number of methoxy groups -OCH3 is 1. The molecule has 2 aromatic rings. The zero-order valence-corrected chi connectivity index (χ0v) is 22.5. The topological polar surface area (TPSA) is 76.1 Å². The molecule has 190 valence electrons. The number of amides is 1. The van der Waals surface area contributed by atoms with E-state index in [-0.39, 0.29) is 18.1 Å². The van der Waals surface area contributed by atoms with Crippen LogP contribution < -0.4 is 14.6 Å². The van der Waals surface area contributed by atoms with Crippen molar-refractivity contribution in [2.75, 3.05) is 49.9 Å². The Morgan fingerprint density at radius 2 is 1.67 bits per heavy atom. The lowest BCUT2D eigenvalue weighted by Gasteiger charge is -2.53. The molecular weight excluding hydrogens is 575 g/mol. The third kappa shape index (κ3) is 3.81. The first-order valence-corrected chi connectivity index (χ1v) is 13.3. The Bertz CT molecular complexity index is 1150. The number of fused-ring (bicyclic) bond motifs is 1. The van der Waals surface area contributed by atoms with E-state index >= 15 is 0 Å². The van der Waals surface area contributed by atoms with Crippen LogP contribution in [-0.2, 0) is 19.0 Å². The van der Waals surface area contributed by atoms with Crippen LogP contribution in [0.3, 0.4) is 0 Å². The van der Waals surface area contributed by atoms with Crippen LogP contribution in [0.1, 0.15) is 13.3 Å². The number of carbonyl (C=O) groups excluding carboxylic acids is 1. The summed E-state index contributed by atoms with van der Waals surface area (Å²) in [6, 6.07) is 15.8. The first kappa shape index (κ1) is 24.1. The lowest BCUT2D eigenvalue weighted by atomic mass is 9.79. The average molecular weight is 604 g/mol. The maximum atomic E-state index is 14.8. The lowest BCUT2D eigenvalue weighted by Crippen LogP contribution is -2.74. The number of morpholine rings is 1. The number of hydrogen-bond acceptors (Lipinski definition) is 8. The standard InChI is InChI=1S/C26H29IN4O5/c1-17-35-24(36-17)23-22-11-12-30(19-5-3-18(27)4-6-19)25(32)26(22,29-13-15-34-16-14-29)31(28-23)20-7-9-21(33-2)10-8-20/h3-10,17,22,24H,11-16H2,1-2H3. The van der Waals surface area contributed by atoms with Crippen LogP contribution in [0.5, 0.6) is 5.75 Å². The minimum atomic E-state index is -1.06. The Labute approximate surface area is 224 Å². The number of hydrazone groups is 1. The molecule has 0 spiro atoms. The van der Waals surface area contributed by atoms with Crippen LogP contribution in [-0.4, -0.2) is 74.7 Å². The molecule has 0 N–H and O–H groups in total. The molecule has 1 amide bonds. The van der Waals surface area contributed by atoms with E-state index in [0.29, 0.717) is 32.8 Å². The highest BCUT2D eigenvalue weighted by molar-refractivity contribution is 14.1. The molecule has 2 atom stereocenters. The maximum absolute atomic E-state index is 14.8. The zero-order valence-electron chi connectivity index (χ0n) is 20.3. The van der Waals surface area contributed by atoms with E-state index < -0.39 is 12.0 Å². The zero-order chi connectivity index (χ0) is 24.9. The molecule has 0 radical (unpaired) electrons. The molecule has 36 heavy (non-hydrogen) atoms. The smallest absolute Gasteiger partial charge is 0.270 e. The van der Waals surface area contributed by atoms with E-state index in [2.05, 4.69) is 27.5 Å². The van der Waals surface area contributed by atoms with Gasteiger partial charge in [0.05, 0.1) is 31.9 Å². The molecular formula is C26H29IN4O5. The monoisotopic (exact) mass is 604 g/mol. The summed E-state index contributed by atoms with van der Waals surface area (Å²) in [5, 5.41) is 6.98. The van der Waals surface area contributed by atoms with Gasteiger partial charge in [0, 0.05) is 28.9 Å². The quantitative estimate of drug-likeness (QED) is 0.486. The van der Waals surface area contributed by atoms with Crippen LogP contribution >= 0.6 is 22.6 Å². The molecule has 0 aromatic heterocycles. The molecule has 0 saturated carbocycles. The lowest BCUT2D eigenvalue weighted by molar-refractivity contribution is -0.346. The number of carbonyl (C=O) groups is 1. The molecule has 3 saturated heterocycles.